The van der Waals surface area contributed by atoms with Gasteiger partial charge in [-0.05, 0) is 82.4 Å². The van der Waals surface area contributed by atoms with Gasteiger partial charge in [-0.2, -0.15) is 0 Å². The smallest absolute Gasteiger partial charge is 0.222 e. The number of likely N-dealkylation sites (tertiary alicyclic amines) is 1. The van der Waals surface area contributed by atoms with E-state index in [-0.39, 0.29) is 17.9 Å². The maximum Gasteiger partial charge on any atom is 0.222 e. The van der Waals surface area contributed by atoms with Crippen LogP contribution < -0.4 is 0 Å². The Bertz CT molecular complexity index is 1160. The van der Waals surface area contributed by atoms with Crippen LogP contribution in [0.3, 0.4) is 0 Å². The van der Waals surface area contributed by atoms with E-state index in [9.17, 15) is 9.59 Å². The molecular formula is C27H31BrCl2N4O2. The number of halogens is 3. The zero-order chi connectivity index (χ0) is 25.4. The largest absolute Gasteiger partial charge is 0.343 e. The monoisotopic (exact) mass is 592 g/mol. The van der Waals surface area contributed by atoms with Crippen molar-refractivity contribution in [2.45, 2.75) is 45.1 Å². The highest BCUT2D eigenvalue weighted by atomic mass is 79.9. The molecule has 0 bridgehead atoms. The van der Waals surface area contributed by atoms with E-state index >= 15 is 0 Å². The van der Waals surface area contributed by atoms with Crippen LogP contribution in [0, 0.1) is 5.92 Å². The molecule has 0 N–H and O–H groups in total. The minimum Gasteiger partial charge on any atom is -0.343 e. The lowest BCUT2D eigenvalue weighted by Crippen LogP contribution is -2.50. The van der Waals surface area contributed by atoms with Crippen molar-refractivity contribution in [3.63, 3.8) is 0 Å². The lowest BCUT2D eigenvalue weighted by atomic mass is 9.92. The number of piperidine rings is 1. The fourth-order valence-electron chi connectivity index (χ4n) is 5.91. The molecule has 36 heavy (non-hydrogen) atoms. The molecule has 5 rings (SSSR count). The predicted octanol–water partition coefficient (Wildman–Crippen LogP) is 5.13. The molecule has 2 aromatic rings. The quantitative estimate of drug-likeness (QED) is 0.495. The van der Waals surface area contributed by atoms with Crippen molar-refractivity contribution in [1.29, 1.82) is 0 Å². The van der Waals surface area contributed by atoms with Crippen molar-refractivity contribution < 1.29 is 9.59 Å². The normalized spacial score (nSPS) is 21.1. The Balaban J connectivity index is 1.31. The molecule has 1 aliphatic carbocycles. The first-order valence-corrected chi connectivity index (χ1v) is 14.2. The summed E-state index contributed by atoms with van der Waals surface area (Å²) in [5.41, 5.74) is 4.51. The van der Waals surface area contributed by atoms with E-state index in [1.165, 1.54) is 11.1 Å². The third kappa shape index (κ3) is 5.45. The predicted molar refractivity (Wildman–Crippen MR) is 145 cm³/mol. The van der Waals surface area contributed by atoms with E-state index in [4.69, 9.17) is 28.2 Å². The number of aromatic nitrogens is 1. The van der Waals surface area contributed by atoms with E-state index < -0.39 is 0 Å². The number of pyridine rings is 1. The van der Waals surface area contributed by atoms with E-state index in [2.05, 4.69) is 26.9 Å². The molecule has 2 saturated heterocycles. The van der Waals surface area contributed by atoms with Gasteiger partial charge < -0.3 is 9.80 Å². The van der Waals surface area contributed by atoms with E-state index in [0.29, 0.717) is 35.5 Å². The van der Waals surface area contributed by atoms with Gasteiger partial charge in [-0.15, -0.1) is 0 Å². The molecule has 3 heterocycles. The topological polar surface area (TPSA) is 56.8 Å². The molecule has 2 aliphatic heterocycles. The number of hydrogen-bond donors (Lipinski definition) is 0. The molecular weight excluding hydrogens is 563 g/mol. The zero-order valence-corrected chi connectivity index (χ0v) is 23.6. The summed E-state index contributed by atoms with van der Waals surface area (Å²) in [6, 6.07) is 5.96. The molecule has 6 nitrogen and oxygen atoms in total. The van der Waals surface area contributed by atoms with Gasteiger partial charge in [0.1, 0.15) is 0 Å². The Kier molecular flexibility index (Phi) is 7.92. The van der Waals surface area contributed by atoms with Crippen LogP contribution in [0.25, 0.3) is 0 Å². The maximum atomic E-state index is 13.1. The number of carbonyl (C=O) groups excluding carboxylic acids is 2. The van der Waals surface area contributed by atoms with Gasteiger partial charge in [0.05, 0.1) is 11.7 Å². The summed E-state index contributed by atoms with van der Waals surface area (Å²) in [6.45, 7) is 6.03. The maximum absolute atomic E-state index is 13.1. The van der Waals surface area contributed by atoms with E-state index in [0.717, 1.165) is 67.6 Å². The number of amides is 2. The van der Waals surface area contributed by atoms with Crippen molar-refractivity contribution in [3.8, 4) is 0 Å². The first-order chi connectivity index (χ1) is 17.3. The van der Waals surface area contributed by atoms with Crippen molar-refractivity contribution in [2.75, 3.05) is 39.3 Å². The van der Waals surface area contributed by atoms with Crippen molar-refractivity contribution in [3.05, 3.63) is 61.3 Å². The standard InChI is InChI=1S/C27H31BrCl2N4O2/c1-17(35)32-6-4-18(5-7-32)12-24(36)33-8-10-34(11-9-33)27-25-19(14-22(29)15-23(25)30)2-3-20-13-21(28)16-31-26(20)27/h13-16,18,27H,2-12H2,1H3. The van der Waals surface area contributed by atoms with Gasteiger partial charge in [0.2, 0.25) is 11.8 Å². The minimum absolute atomic E-state index is 0.0662. The molecule has 1 aromatic heterocycles. The van der Waals surface area contributed by atoms with Gasteiger partial charge in [-0.25, -0.2) is 0 Å². The number of carbonyl (C=O) groups is 2. The van der Waals surface area contributed by atoms with Crippen LogP contribution in [0.5, 0.6) is 0 Å². The van der Waals surface area contributed by atoms with Crippen LogP contribution in [-0.2, 0) is 22.4 Å². The summed E-state index contributed by atoms with van der Waals surface area (Å²) >= 11 is 16.8. The van der Waals surface area contributed by atoms with Crippen molar-refractivity contribution in [1.82, 2.24) is 19.7 Å². The number of benzene rings is 1. The molecule has 1 unspecified atom stereocenters. The highest BCUT2D eigenvalue weighted by Crippen LogP contribution is 2.41. The van der Waals surface area contributed by atoms with Crippen LogP contribution in [0.2, 0.25) is 10.0 Å². The lowest BCUT2D eigenvalue weighted by Gasteiger charge is -2.40. The van der Waals surface area contributed by atoms with E-state index in [1.807, 2.05) is 28.1 Å². The number of fused-ring (bicyclic) bond motifs is 2. The number of aryl methyl sites for hydroxylation is 2. The SMILES string of the molecule is CC(=O)N1CCC(CC(=O)N2CCN(C3c4ncc(Br)cc4CCc4cc(Cl)cc(Cl)c43)CC2)CC1. The summed E-state index contributed by atoms with van der Waals surface area (Å²) in [4.78, 5) is 35.9. The average molecular weight is 594 g/mol. The molecule has 0 spiro atoms. The van der Waals surface area contributed by atoms with Crippen LogP contribution in [-0.4, -0.2) is 70.8 Å². The molecule has 1 aromatic carbocycles. The van der Waals surface area contributed by atoms with Crippen molar-refractivity contribution in [2.24, 2.45) is 5.92 Å². The zero-order valence-electron chi connectivity index (χ0n) is 20.5. The van der Waals surface area contributed by atoms with Gasteiger partial charge in [0.25, 0.3) is 0 Å². The van der Waals surface area contributed by atoms with Gasteiger partial charge in [-0.1, -0.05) is 23.2 Å². The summed E-state index contributed by atoms with van der Waals surface area (Å²) in [7, 11) is 0. The number of rotatable bonds is 3. The van der Waals surface area contributed by atoms with Gasteiger partial charge in [-0.3, -0.25) is 19.5 Å². The van der Waals surface area contributed by atoms with E-state index in [1.54, 1.807) is 6.92 Å². The molecule has 0 radical (unpaired) electrons. The number of piperazine rings is 1. The van der Waals surface area contributed by atoms with Crippen LogP contribution in [0.4, 0.5) is 0 Å². The first-order valence-electron chi connectivity index (χ1n) is 12.7. The number of nitrogens with zero attached hydrogens (tertiary/aromatic N) is 4. The van der Waals surface area contributed by atoms with Gasteiger partial charge in [0.15, 0.2) is 0 Å². The Labute approximate surface area is 231 Å². The average Bonchev–Trinajstić information content (AvgIpc) is 3.01. The third-order valence-corrected chi connectivity index (χ3v) is 8.86. The van der Waals surface area contributed by atoms with Crippen LogP contribution in [0.15, 0.2) is 28.9 Å². The Morgan fingerprint density at radius 1 is 0.972 bits per heavy atom. The molecule has 9 heteroatoms. The summed E-state index contributed by atoms with van der Waals surface area (Å²) in [5, 5.41) is 1.33. The molecule has 0 saturated carbocycles. The molecule has 3 aliphatic rings. The van der Waals surface area contributed by atoms with Crippen molar-refractivity contribution >= 4 is 50.9 Å². The summed E-state index contributed by atoms with van der Waals surface area (Å²) < 4.78 is 0.972. The number of hydrogen-bond acceptors (Lipinski definition) is 4. The van der Waals surface area contributed by atoms with Gasteiger partial charge in [0, 0.05) is 73.3 Å². The fraction of sp³-hybridized carbons (Fsp3) is 0.519. The van der Waals surface area contributed by atoms with Crippen LogP contribution in [0.1, 0.15) is 54.6 Å². The second-order valence-electron chi connectivity index (χ2n) is 10.1. The first kappa shape index (κ1) is 26.0. The molecule has 1 atom stereocenters. The highest BCUT2D eigenvalue weighted by molar-refractivity contribution is 9.10. The third-order valence-electron chi connectivity index (χ3n) is 7.90. The molecule has 2 fully saturated rings. The lowest BCUT2D eigenvalue weighted by molar-refractivity contribution is -0.135. The summed E-state index contributed by atoms with van der Waals surface area (Å²) in [5.74, 6) is 0.712. The second kappa shape index (κ2) is 11.0. The Morgan fingerprint density at radius 3 is 2.36 bits per heavy atom. The van der Waals surface area contributed by atoms with Gasteiger partial charge >= 0.3 is 0 Å². The molecule has 192 valence electrons. The minimum atomic E-state index is -0.0662. The van der Waals surface area contributed by atoms with Crippen LogP contribution >= 0.6 is 39.1 Å². The molecule has 2 amide bonds. The second-order valence-corrected chi connectivity index (χ2v) is 11.9. The highest BCUT2D eigenvalue weighted by Gasteiger charge is 2.35. The summed E-state index contributed by atoms with van der Waals surface area (Å²) in [6.07, 6.45) is 5.98. The fourth-order valence-corrected chi connectivity index (χ4v) is 6.93. The Morgan fingerprint density at radius 2 is 1.67 bits per heavy atom. The Hall–Kier alpha value is -1.67.